The summed E-state index contributed by atoms with van der Waals surface area (Å²) in [5.41, 5.74) is 2.20. The van der Waals surface area contributed by atoms with Crippen LogP contribution in [0.3, 0.4) is 0 Å². The maximum Gasteiger partial charge on any atom is 0.317 e. The Bertz CT molecular complexity index is 583. The lowest BCUT2D eigenvalue weighted by atomic mass is 10.1. The molecule has 0 saturated carbocycles. The predicted octanol–water partition coefficient (Wildman–Crippen LogP) is 1.50. The van der Waals surface area contributed by atoms with Crippen LogP contribution >= 0.6 is 0 Å². The molecule has 2 aromatic rings. The molecule has 2 rings (SSSR count). The van der Waals surface area contributed by atoms with Crippen molar-refractivity contribution in [3.05, 3.63) is 48.0 Å². The highest BCUT2D eigenvalue weighted by Gasteiger charge is 2.07. The van der Waals surface area contributed by atoms with Crippen molar-refractivity contribution < 1.29 is 9.53 Å². The SMILES string of the molecule is COCCCN(C)C(=O)NCc1ccc(Cn2cncn2)cc1. The number of amides is 2. The molecule has 0 aliphatic rings. The zero-order chi connectivity index (χ0) is 16.5. The Labute approximate surface area is 136 Å². The van der Waals surface area contributed by atoms with Crippen LogP contribution in [0.4, 0.5) is 4.79 Å². The van der Waals surface area contributed by atoms with Gasteiger partial charge in [-0.15, -0.1) is 0 Å². The van der Waals surface area contributed by atoms with E-state index in [1.807, 2.05) is 24.3 Å². The van der Waals surface area contributed by atoms with Crippen LogP contribution in [0.25, 0.3) is 0 Å². The van der Waals surface area contributed by atoms with Crippen LogP contribution < -0.4 is 5.32 Å². The van der Waals surface area contributed by atoms with Gasteiger partial charge >= 0.3 is 6.03 Å². The minimum Gasteiger partial charge on any atom is -0.385 e. The average Bonchev–Trinajstić information content (AvgIpc) is 3.07. The van der Waals surface area contributed by atoms with Gasteiger partial charge < -0.3 is 15.0 Å². The van der Waals surface area contributed by atoms with Crippen molar-refractivity contribution in [2.45, 2.75) is 19.5 Å². The van der Waals surface area contributed by atoms with E-state index in [0.29, 0.717) is 26.2 Å². The number of urea groups is 1. The van der Waals surface area contributed by atoms with Crippen LogP contribution in [-0.4, -0.2) is 53.0 Å². The molecule has 7 heteroatoms. The summed E-state index contributed by atoms with van der Waals surface area (Å²) < 4.78 is 6.75. The highest BCUT2D eigenvalue weighted by Crippen LogP contribution is 2.06. The highest BCUT2D eigenvalue weighted by molar-refractivity contribution is 5.73. The first-order valence-electron chi connectivity index (χ1n) is 7.57. The fraction of sp³-hybridized carbons (Fsp3) is 0.438. The topological polar surface area (TPSA) is 72.3 Å². The Balaban J connectivity index is 1.76. The van der Waals surface area contributed by atoms with Crippen LogP contribution in [0.15, 0.2) is 36.9 Å². The van der Waals surface area contributed by atoms with Crippen molar-refractivity contribution in [1.82, 2.24) is 25.0 Å². The minimum absolute atomic E-state index is 0.0761. The number of nitrogens with zero attached hydrogens (tertiary/aromatic N) is 4. The van der Waals surface area contributed by atoms with Crippen LogP contribution in [0.2, 0.25) is 0 Å². The fourth-order valence-corrected chi connectivity index (χ4v) is 2.12. The van der Waals surface area contributed by atoms with Crippen molar-refractivity contribution in [3.8, 4) is 0 Å². The number of hydrogen-bond acceptors (Lipinski definition) is 4. The van der Waals surface area contributed by atoms with Gasteiger partial charge in [0.25, 0.3) is 0 Å². The van der Waals surface area contributed by atoms with E-state index in [0.717, 1.165) is 17.5 Å². The van der Waals surface area contributed by atoms with E-state index in [1.165, 1.54) is 6.33 Å². The number of ether oxygens (including phenoxy) is 1. The molecule has 124 valence electrons. The van der Waals surface area contributed by atoms with Crippen molar-refractivity contribution in [2.75, 3.05) is 27.3 Å². The minimum atomic E-state index is -0.0761. The Morgan fingerprint density at radius 2 is 2.04 bits per heavy atom. The van der Waals surface area contributed by atoms with E-state index in [9.17, 15) is 4.79 Å². The summed E-state index contributed by atoms with van der Waals surface area (Å²) in [6.07, 6.45) is 4.04. The monoisotopic (exact) mass is 317 g/mol. The van der Waals surface area contributed by atoms with Crippen LogP contribution in [0.1, 0.15) is 17.5 Å². The summed E-state index contributed by atoms with van der Waals surface area (Å²) in [6, 6.07) is 8.01. The highest BCUT2D eigenvalue weighted by atomic mass is 16.5. The van der Waals surface area contributed by atoms with E-state index in [4.69, 9.17) is 4.74 Å². The number of methoxy groups -OCH3 is 1. The summed E-state index contributed by atoms with van der Waals surface area (Å²) in [5.74, 6) is 0. The van der Waals surface area contributed by atoms with Crippen LogP contribution in [0.5, 0.6) is 0 Å². The fourth-order valence-electron chi connectivity index (χ4n) is 2.12. The molecule has 1 N–H and O–H groups in total. The summed E-state index contributed by atoms with van der Waals surface area (Å²) in [7, 11) is 3.44. The molecule has 0 spiro atoms. The van der Waals surface area contributed by atoms with Crippen molar-refractivity contribution >= 4 is 6.03 Å². The lowest BCUT2D eigenvalue weighted by Gasteiger charge is -2.17. The second-order valence-corrected chi connectivity index (χ2v) is 5.34. The molecular weight excluding hydrogens is 294 g/mol. The van der Waals surface area contributed by atoms with Gasteiger partial charge in [-0.1, -0.05) is 24.3 Å². The number of aromatic nitrogens is 3. The second-order valence-electron chi connectivity index (χ2n) is 5.34. The predicted molar refractivity (Wildman–Crippen MR) is 86.9 cm³/mol. The Morgan fingerprint density at radius 3 is 2.70 bits per heavy atom. The number of hydrogen-bond donors (Lipinski definition) is 1. The van der Waals surface area contributed by atoms with Crippen LogP contribution in [0, 0.1) is 0 Å². The molecule has 1 aromatic carbocycles. The number of carbonyl (C=O) groups excluding carboxylic acids is 1. The summed E-state index contributed by atoms with van der Waals surface area (Å²) in [4.78, 5) is 17.5. The molecule has 0 aliphatic heterocycles. The van der Waals surface area contributed by atoms with Gasteiger partial charge in [-0.3, -0.25) is 0 Å². The normalized spacial score (nSPS) is 10.5. The lowest BCUT2D eigenvalue weighted by Crippen LogP contribution is -2.37. The Morgan fingerprint density at radius 1 is 1.30 bits per heavy atom. The number of benzene rings is 1. The molecule has 0 atom stereocenters. The van der Waals surface area contributed by atoms with Gasteiger partial charge in [0.15, 0.2) is 0 Å². The van der Waals surface area contributed by atoms with E-state index in [-0.39, 0.29) is 6.03 Å². The third-order valence-corrected chi connectivity index (χ3v) is 3.47. The average molecular weight is 317 g/mol. The third kappa shape index (κ3) is 5.71. The zero-order valence-electron chi connectivity index (χ0n) is 13.6. The van der Waals surface area contributed by atoms with Gasteiger partial charge in [0.05, 0.1) is 6.54 Å². The molecule has 23 heavy (non-hydrogen) atoms. The van der Waals surface area contributed by atoms with E-state index in [2.05, 4.69) is 15.4 Å². The molecule has 0 bridgehead atoms. The molecule has 0 saturated heterocycles. The number of carbonyl (C=O) groups is 1. The van der Waals surface area contributed by atoms with Crippen molar-refractivity contribution in [2.24, 2.45) is 0 Å². The molecular formula is C16H23N5O2. The first-order valence-corrected chi connectivity index (χ1v) is 7.57. The van der Waals surface area contributed by atoms with Gasteiger partial charge in [-0.05, 0) is 17.5 Å². The maximum absolute atomic E-state index is 11.9. The second kappa shape index (κ2) is 8.89. The molecule has 0 radical (unpaired) electrons. The molecule has 2 amide bonds. The molecule has 0 fully saturated rings. The number of nitrogens with one attached hydrogen (secondary N) is 1. The van der Waals surface area contributed by atoms with Gasteiger partial charge in [0.1, 0.15) is 12.7 Å². The number of rotatable bonds is 8. The van der Waals surface area contributed by atoms with Crippen molar-refractivity contribution in [1.29, 1.82) is 0 Å². The Kier molecular flexibility index (Phi) is 6.56. The third-order valence-electron chi connectivity index (χ3n) is 3.47. The van der Waals surface area contributed by atoms with E-state index >= 15 is 0 Å². The first-order chi connectivity index (χ1) is 11.2. The zero-order valence-corrected chi connectivity index (χ0v) is 13.6. The lowest BCUT2D eigenvalue weighted by molar-refractivity contribution is 0.175. The molecule has 0 unspecified atom stereocenters. The van der Waals surface area contributed by atoms with Gasteiger partial charge in [0, 0.05) is 33.9 Å². The van der Waals surface area contributed by atoms with Crippen LogP contribution in [-0.2, 0) is 17.8 Å². The van der Waals surface area contributed by atoms with Gasteiger partial charge in [-0.2, -0.15) is 5.10 Å². The summed E-state index contributed by atoms with van der Waals surface area (Å²) in [6.45, 7) is 2.54. The first kappa shape index (κ1) is 17.0. The van der Waals surface area contributed by atoms with Crippen molar-refractivity contribution in [3.63, 3.8) is 0 Å². The largest absolute Gasteiger partial charge is 0.385 e. The quantitative estimate of drug-likeness (QED) is 0.749. The van der Waals surface area contributed by atoms with Gasteiger partial charge in [-0.25, -0.2) is 14.5 Å². The van der Waals surface area contributed by atoms with E-state index < -0.39 is 0 Å². The molecule has 0 aliphatic carbocycles. The van der Waals surface area contributed by atoms with Gasteiger partial charge in [0.2, 0.25) is 0 Å². The summed E-state index contributed by atoms with van der Waals surface area (Å²) in [5, 5.41) is 6.99. The molecule has 1 aromatic heterocycles. The summed E-state index contributed by atoms with van der Waals surface area (Å²) >= 11 is 0. The molecule has 7 nitrogen and oxygen atoms in total. The maximum atomic E-state index is 11.9. The Hall–Kier alpha value is -2.41. The smallest absolute Gasteiger partial charge is 0.317 e. The standard InChI is InChI=1S/C16H23N5O2/c1-20(8-3-9-23-2)16(22)18-10-14-4-6-15(7-5-14)11-21-13-17-12-19-21/h4-7,12-13H,3,8-11H2,1-2H3,(H,18,22). The van der Waals surface area contributed by atoms with E-state index in [1.54, 1.807) is 30.1 Å². The molecule has 1 heterocycles.